The van der Waals surface area contributed by atoms with Crippen LogP contribution in [-0.4, -0.2) is 87.9 Å². The van der Waals surface area contributed by atoms with Crippen LogP contribution in [0.4, 0.5) is 0 Å². The number of esters is 1. The van der Waals surface area contributed by atoms with Gasteiger partial charge in [0.05, 0.1) is 6.04 Å². The van der Waals surface area contributed by atoms with Gasteiger partial charge in [-0.15, -0.1) is 0 Å². The number of nitrogens with one attached hydrogen (secondary N) is 3. The highest BCUT2D eigenvalue weighted by atomic mass is 16.6. The highest BCUT2D eigenvalue weighted by Gasteiger charge is 2.38. The van der Waals surface area contributed by atoms with Crippen LogP contribution < -0.4 is 21.7 Å². The van der Waals surface area contributed by atoms with Crippen molar-refractivity contribution in [2.45, 2.75) is 115 Å². The number of amides is 4. The summed E-state index contributed by atoms with van der Waals surface area (Å²) in [6.07, 6.45) is 1.06. The molecule has 13 nitrogen and oxygen atoms in total. The van der Waals surface area contributed by atoms with Gasteiger partial charge in [-0.05, 0) is 69.9 Å². The first-order valence-corrected chi connectivity index (χ1v) is 17.5. The molecular formula is C38H53N5O8. The van der Waals surface area contributed by atoms with E-state index in [-0.39, 0.29) is 37.5 Å². The Kier molecular flexibility index (Phi) is 15.1. The average molecular weight is 708 g/mol. The number of aliphatic carboxylic acids is 1. The first-order valence-electron chi connectivity index (χ1n) is 17.5. The molecule has 1 aliphatic heterocycles. The van der Waals surface area contributed by atoms with Gasteiger partial charge in [-0.25, -0.2) is 4.79 Å². The van der Waals surface area contributed by atoms with E-state index in [2.05, 4.69) is 16.0 Å². The molecule has 3 rings (SSSR count). The summed E-state index contributed by atoms with van der Waals surface area (Å²) < 4.78 is 5.38. The van der Waals surface area contributed by atoms with Crippen molar-refractivity contribution in [1.82, 2.24) is 20.9 Å². The van der Waals surface area contributed by atoms with Gasteiger partial charge in [0, 0.05) is 19.4 Å². The second-order valence-corrected chi connectivity index (χ2v) is 14.5. The number of likely N-dealkylation sites (tertiary alicyclic amines) is 1. The summed E-state index contributed by atoms with van der Waals surface area (Å²) in [6, 6.07) is 12.7. The molecule has 0 radical (unpaired) electrons. The molecule has 51 heavy (non-hydrogen) atoms. The summed E-state index contributed by atoms with van der Waals surface area (Å²) in [5, 5.41) is 17.8. The minimum Gasteiger partial charge on any atom is -0.480 e. The zero-order valence-corrected chi connectivity index (χ0v) is 30.2. The second-order valence-electron chi connectivity index (χ2n) is 14.5. The van der Waals surface area contributed by atoms with E-state index in [1.54, 1.807) is 51.1 Å². The summed E-state index contributed by atoms with van der Waals surface area (Å²) in [4.78, 5) is 80.6. The van der Waals surface area contributed by atoms with Crippen molar-refractivity contribution in [3.05, 3.63) is 71.8 Å². The van der Waals surface area contributed by atoms with E-state index in [9.17, 15) is 33.9 Å². The lowest BCUT2D eigenvalue weighted by Gasteiger charge is -2.29. The number of hydrogen-bond acceptors (Lipinski definition) is 8. The maximum absolute atomic E-state index is 13.8. The van der Waals surface area contributed by atoms with Crippen LogP contribution in [0, 0.1) is 5.92 Å². The van der Waals surface area contributed by atoms with Crippen molar-refractivity contribution in [2.75, 3.05) is 6.54 Å². The fraction of sp³-hybridized carbons (Fsp3) is 0.526. The van der Waals surface area contributed by atoms with Crippen LogP contribution >= 0.6 is 0 Å². The lowest BCUT2D eigenvalue weighted by molar-refractivity contribution is -0.155. The fourth-order valence-electron chi connectivity index (χ4n) is 5.96. The molecule has 13 heteroatoms. The standard InChI is InChI=1S/C38H53N5O8/c1-24(2)21-29(41-35(47)31-17-12-20-43(31)36(48)27(39)22-25-13-8-6-9-14-25)34(46)40-28(18-19-32(44)51-38(3,4)5)33(45)42-30(37(49)50)23-26-15-10-7-11-16-26/h6-11,13-16,24,27-31H,12,17-23,39H2,1-5H3,(H,40,46)(H,41,47)(H,42,45)(H,49,50)/t27-,28-,29-,30-,31-/m0/s1. The van der Waals surface area contributed by atoms with Crippen LogP contribution in [0.1, 0.15) is 77.8 Å². The van der Waals surface area contributed by atoms with E-state index in [4.69, 9.17) is 10.5 Å². The van der Waals surface area contributed by atoms with Crippen molar-refractivity contribution in [3.63, 3.8) is 0 Å². The van der Waals surface area contributed by atoms with E-state index < -0.39 is 65.5 Å². The molecule has 6 N–H and O–H groups in total. The number of rotatable bonds is 17. The van der Waals surface area contributed by atoms with Crippen LogP contribution in [0.2, 0.25) is 0 Å². The van der Waals surface area contributed by atoms with Gasteiger partial charge in [-0.2, -0.15) is 0 Å². The topological polar surface area (TPSA) is 197 Å². The summed E-state index contributed by atoms with van der Waals surface area (Å²) >= 11 is 0. The third kappa shape index (κ3) is 13.5. The lowest BCUT2D eigenvalue weighted by atomic mass is 10.0. The Labute approximate surface area is 300 Å². The summed E-state index contributed by atoms with van der Waals surface area (Å²) in [6.45, 7) is 9.19. The third-order valence-electron chi connectivity index (χ3n) is 8.38. The van der Waals surface area contributed by atoms with Crippen molar-refractivity contribution >= 4 is 35.6 Å². The number of carbonyl (C=O) groups excluding carboxylic acids is 5. The quantitative estimate of drug-likeness (QED) is 0.153. The van der Waals surface area contributed by atoms with E-state index in [0.29, 0.717) is 31.4 Å². The molecule has 0 spiro atoms. The number of nitrogens with two attached hydrogens (primary N) is 1. The molecule has 0 aromatic heterocycles. The molecule has 1 aliphatic rings. The molecule has 0 saturated carbocycles. The first kappa shape index (κ1) is 40.6. The number of carboxylic acid groups (broad SMARTS) is 1. The second kappa shape index (κ2) is 19.0. The van der Waals surface area contributed by atoms with Gasteiger partial charge in [0.2, 0.25) is 23.6 Å². The fourth-order valence-corrected chi connectivity index (χ4v) is 5.96. The van der Waals surface area contributed by atoms with Crippen LogP contribution in [0.15, 0.2) is 60.7 Å². The van der Waals surface area contributed by atoms with Crippen LogP contribution in [-0.2, 0) is 46.3 Å². The lowest BCUT2D eigenvalue weighted by Crippen LogP contribution is -2.58. The van der Waals surface area contributed by atoms with Crippen molar-refractivity contribution in [1.29, 1.82) is 0 Å². The average Bonchev–Trinajstić information content (AvgIpc) is 3.55. The maximum atomic E-state index is 13.8. The van der Waals surface area contributed by atoms with Crippen molar-refractivity contribution in [2.24, 2.45) is 11.7 Å². The predicted molar refractivity (Wildman–Crippen MR) is 191 cm³/mol. The highest BCUT2D eigenvalue weighted by Crippen LogP contribution is 2.20. The van der Waals surface area contributed by atoms with Crippen molar-refractivity contribution in [3.8, 4) is 0 Å². The summed E-state index contributed by atoms with van der Waals surface area (Å²) in [5.41, 5.74) is 7.07. The van der Waals surface area contributed by atoms with E-state index in [1.807, 2.05) is 44.2 Å². The highest BCUT2D eigenvalue weighted by molar-refractivity contribution is 5.96. The number of benzene rings is 2. The molecule has 1 saturated heterocycles. The zero-order chi connectivity index (χ0) is 37.7. The molecule has 278 valence electrons. The van der Waals surface area contributed by atoms with Crippen molar-refractivity contribution < 1.29 is 38.6 Å². The SMILES string of the molecule is CC(C)C[C@H](NC(=O)[C@@H]1CCCN1C(=O)[C@@H](N)Cc1ccccc1)C(=O)N[C@@H](CCC(=O)OC(C)(C)C)C(=O)N[C@@H](Cc1ccccc1)C(=O)O. The Morgan fingerprint density at radius 3 is 1.94 bits per heavy atom. The normalized spacial score (nSPS) is 16.8. The minimum absolute atomic E-state index is 0.00765. The van der Waals surface area contributed by atoms with Crippen LogP contribution in [0.25, 0.3) is 0 Å². The van der Waals surface area contributed by atoms with Gasteiger partial charge >= 0.3 is 11.9 Å². The molecule has 0 bridgehead atoms. The van der Waals surface area contributed by atoms with Gasteiger partial charge in [-0.3, -0.25) is 24.0 Å². The van der Waals surface area contributed by atoms with E-state index in [0.717, 1.165) is 5.56 Å². The Bertz CT molecular complexity index is 1490. The minimum atomic E-state index is -1.32. The smallest absolute Gasteiger partial charge is 0.326 e. The molecular weight excluding hydrogens is 654 g/mol. The molecule has 5 atom stereocenters. The first-order chi connectivity index (χ1) is 24.0. The summed E-state index contributed by atoms with van der Waals surface area (Å²) in [5.74, 6) is -4.29. The van der Waals surface area contributed by atoms with Gasteiger partial charge in [-0.1, -0.05) is 74.5 Å². The third-order valence-corrected chi connectivity index (χ3v) is 8.38. The number of ether oxygens (including phenoxy) is 1. The number of hydrogen-bond donors (Lipinski definition) is 5. The summed E-state index contributed by atoms with van der Waals surface area (Å²) in [7, 11) is 0. The van der Waals surface area contributed by atoms with Gasteiger partial charge in [0.1, 0.15) is 29.8 Å². The van der Waals surface area contributed by atoms with E-state index >= 15 is 0 Å². The van der Waals surface area contributed by atoms with Gasteiger partial charge < -0.3 is 36.4 Å². The predicted octanol–water partition coefficient (Wildman–Crippen LogP) is 2.50. The van der Waals surface area contributed by atoms with Gasteiger partial charge in [0.25, 0.3) is 0 Å². The monoisotopic (exact) mass is 707 g/mol. The molecule has 1 heterocycles. The Balaban J connectivity index is 1.76. The molecule has 2 aromatic rings. The Morgan fingerprint density at radius 1 is 0.843 bits per heavy atom. The number of carbonyl (C=O) groups is 6. The Morgan fingerprint density at radius 2 is 1.39 bits per heavy atom. The largest absolute Gasteiger partial charge is 0.480 e. The number of carboxylic acids is 1. The van der Waals surface area contributed by atoms with Crippen LogP contribution in [0.5, 0.6) is 0 Å². The molecule has 1 fully saturated rings. The zero-order valence-electron chi connectivity index (χ0n) is 30.2. The number of nitrogens with zero attached hydrogens (tertiary/aromatic N) is 1. The molecule has 0 unspecified atom stereocenters. The molecule has 0 aliphatic carbocycles. The molecule has 2 aromatic carbocycles. The Hall–Kier alpha value is -4.78. The van der Waals surface area contributed by atoms with Gasteiger partial charge in [0.15, 0.2) is 0 Å². The maximum Gasteiger partial charge on any atom is 0.326 e. The van der Waals surface area contributed by atoms with E-state index in [1.165, 1.54) is 4.90 Å². The molecule has 4 amide bonds. The van der Waals surface area contributed by atoms with Crippen LogP contribution in [0.3, 0.4) is 0 Å².